The lowest BCUT2D eigenvalue weighted by Gasteiger charge is -2.13. The maximum absolute atomic E-state index is 12.8. The molecule has 0 aliphatic rings. The molecular formula is C19H22N4O4. The van der Waals surface area contributed by atoms with Gasteiger partial charge in [-0.1, -0.05) is 30.3 Å². The summed E-state index contributed by atoms with van der Waals surface area (Å²) in [4.78, 5) is 37.6. The number of benzene rings is 1. The molecule has 8 nitrogen and oxygen atoms in total. The number of ether oxygens (including phenoxy) is 1. The van der Waals surface area contributed by atoms with E-state index >= 15 is 0 Å². The maximum atomic E-state index is 12.8. The quantitative estimate of drug-likeness (QED) is 0.689. The maximum Gasteiger partial charge on any atom is 0.332 e. The van der Waals surface area contributed by atoms with Crippen molar-refractivity contribution in [2.24, 2.45) is 14.1 Å². The van der Waals surface area contributed by atoms with Gasteiger partial charge in [-0.05, 0) is 11.6 Å². The van der Waals surface area contributed by atoms with E-state index in [1.807, 2.05) is 30.3 Å². The number of rotatable bonds is 6. The fourth-order valence-electron chi connectivity index (χ4n) is 3.11. The fourth-order valence-corrected chi connectivity index (χ4v) is 3.11. The first-order valence-electron chi connectivity index (χ1n) is 8.56. The van der Waals surface area contributed by atoms with Crippen molar-refractivity contribution in [3.63, 3.8) is 0 Å². The number of hydrogen-bond donors (Lipinski definition) is 1. The van der Waals surface area contributed by atoms with E-state index in [9.17, 15) is 14.4 Å². The zero-order chi connectivity index (χ0) is 19.6. The van der Waals surface area contributed by atoms with Crippen LogP contribution in [0.3, 0.4) is 0 Å². The summed E-state index contributed by atoms with van der Waals surface area (Å²) >= 11 is 0. The molecule has 0 fully saturated rings. The minimum absolute atomic E-state index is 0.316. The number of hydrogen-bond acceptors (Lipinski definition) is 4. The third kappa shape index (κ3) is 3.43. The minimum atomic E-state index is -0.444. The second kappa shape index (κ2) is 7.63. The lowest BCUT2D eigenvalue weighted by atomic mass is 10.2. The first-order chi connectivity index (χ1) is 13.0. The predicted molar refractivity (Wildman–Crippen MR) is 102 cm³/mol. The van der Waals surface area contributed by atoms with Crippen LogP contribution in [-0.2, 0) is 31.9 Å². The number of fused-ring (bicyclic) bond motifs is 1. The molecule has 1 amide bonds. The molecule has 0 aliphatic carbocycles. The van der Waals surface area contributed by atoms with Crippen LogP contribution in [0.2, 0.25) is 0 Å². The third-order valence-electron chi connectivity index (χ3n) is 4.54. The Hall–Kier alpha value is -3.13. The van der Waals surface area contributed by atoms with Gasteiger partial charge < -0.3 is 14.6 Å². The molecule has 2 heterocycles. The summed E-state index contributed by atoms with van der Waals surface area (Å²) in [6.45, 7) is 1.04. The van der Waals surface area contributed by atoms with Crippen LogP contribution in [0.15, 0.2) is 46.0 Å². The van der Waals surface area contributed by atoms with Crippen molar-refractivity contribution in [3.05, 3.63) is 68.5 Å². The Morgan fingerprint density at radius 1 is 1.11 bits per heavy atom. The van der Waals surface area contributed by atoms with Gasteiger partial charge in [0.2, 0.25) is 0 Å². The molecule has 0 radical (unpaired) electrons. The Kier molecular flexibility index (Phi) is 5.27. The van der Waals surface area contributed by atoms with Crippen LogP contribution in [0.4, 0.5) is 0 Å². The number of carbonyl (C=O) groups is 1. The van der Waals surface area contributed by atoms with Gasteiger partial charge in [0.1, 0.15) is 11.3 Å². The normalized spacial score (nSPS) is 11.1. The van der Waals surface area contributed by atoms with E-state index in [1.165, 1.54) is 17.7 Å². The molecule has 0 unspecified atom stereocenters. The van der Waals surface area contributed by atoms with E-state index in [-0.39, 0.29) is 5.91 Å². The average Bonchev–Trinajstić information content (AvgIpc) is 3.07. The van der Waals surface area contributed by atoms with Gasteiger partial charge >= 0.3 is 5.69 Å². The number of aromatic nitrogens is 3. The average molecular weight is 370 g/mol. The smallest absolute Gasteiger partial charge is 0.332 e. The van der Waals surface area contributed by atoms with Crippen LogP contribution in [0.25, 0.3) is 11.0 Å². The van der Waals surface area contributed by atoms with Crippen molar-refractivity contribution < 1.29 is 9.53 Å². The van der Waals surface area contributed by atoms with Crippen molar-refractivity contribution in [1.82, 2.24) is 19.0 Å². The van der Waals surface area contributed by atoms with E-state index in [0.29, 0.717) is 36.4 Å². The van der Waals surface area contributed by atoms with E-state index < -0.39 is 11.2 Å². The summed E-state index contributed by atoms with van der Waals surface area (Å²) in [6, 6.07) is 11.1. The van der Waals surface area contributed by atoms with Crippen LogP contribution in [-0.4, -0.2) is 33.3 Å². The molecule has 0 saturated carbocycles. The largest absolute Gasteiger partial charge is 0.383 e. The molecular weight excluding hydrogens is 348 g/mol. The van der Waals surface area contributed by atoms with E-state index in [4.69, 9.17) is 4.74 Å². The highest BCUT2D eigenvalue weighted by molar-refractivity contribution is 5.97. The molecule has 2 aromatic heterocycles. The first kappa shape index (κ1) is 18.7. The van der Waals surface area contributed by atoms with Crippen LogP contribution >= 0.6 is 0 Å². The van der Waals surface area contributed by atoms with Gasteiger partial charge in [-0.3, -0.25) is 18.7 Å². The van der Waals surface area contributed by atoms with Crippen molar-refractivity contribution >= 4 is 16.9 Å². The Morgan fingerprint density at radius 3 is 2.48 bits per heavy atom. The van der Waals surface area contributed by atoms with Crippen LogP contribution < -0.4 is 16.6 Å². The third-order valence-corrected chi connectivity index (χ3v) is 4.54. The molecule has 3 aromatic rings. The monoisotopic (exact) mass is 370 g/mol. The molecule has 0 atom stereocenters. The second-order valence-electron chi connectivity index (χ2n) is 6.29. The van der Waals surface area contributed by atoms with Gasteiger partial charge in [0, 0.05) is 34.3 Å². The molecule has 1 aromatic carbocycles. The van der Waals surface area contributed by atoms with Gasteiger partial charge in [0.25, 0.3) is 11.5 Å². The van der Waals surface area contributed by atoms with Crippen molar-refractivity contribution in [2.45, 2.75) is 13.1 Å². The molecule has 0 bridgehead atoms. The molecule has 3 rings (SSSR count). The van der Waals surface area contributed by atoms with Crippen LogP contribution in [0.1, 0.15) is 16.1 Å². The first-order valence-corrected chi connectivity index (χ1v) is 8.56. The zero-order valence-corrected chi connectivity index (χ0v) is 15.6. The molecule has 0 saturated heterocycles. The Morgan fingerprint density at radius 2 is 1.81 bits per heavy atom. The van der Waals surface area contributed by atoms with Crippen molar-refractivity contribution in [2.75, 3.05) is 13.7 Å². The number of methoxy groups -OCH3 is 1. The van der Waals surface area contributed by atoms with E-state index in [0.717, 1.165) is 10.1 Å². The van der Waals surface area contributed by atoms with Gasteiger partial charge in [-0.15, -0.1) is 0 Å². The standard InChI is InChI=1S/C19H22N4O4/c1-21-17-14(18(25)22(2)19(21)26)11-15(23(17)9-10-27-3)16(24)20-12-13-7-5-4-6-8-13/h4-8,11H,9-10,12H2,1-3H3,(H,20,24). The fraction of sp³-hybridized carbons (Fsp3) is 0.316. The van der Waals surface area contributed by atoms with Crippen molar-refractivity contribution in [1.29, 1.82) is 0 Å². The SMILES string of the molecule is COCCn1c(C(=O)NCc2ccccc2)cc2c(=O)n(C)c(=O)n(C)c21. The Balaban J connectivity index is 2.07. The number of aryl methyl sites for hydroxylation is 1. The predicted octanol–water partition coefficient (Wildman–Crippen LogP) is 0.615. The molecule has 8 heteroatoms. The van der Waals surface area contributed by atoms with Gasteiger partial charge in [-0.25, -0.2) is 4.79 Å². The van der Waals surface area contributed by atoms with Crippen LogP contribution in [0.5, 0.6) is 0 Å². The highest BCUT2D eigenvalue weighted by Gasteiger charge is 2.21. The number of nitrogens with zero attached hydrogens (tertiary/aromatic N) is 3. The van der Waals surface area contributed by atoms with Gasteiger partial charge in [0.15, 0.2) is 0 Å². The minimum Gasteiger partial charge on any atom is -0.383 e. The summed E-state index contributed by atoms with van der Waals surface area (Å²) in [6.07, 6.45) is 0. The Bertz CT molecular complexity index is 1090. The second-order valence-corrected chi connectivity index (χ2v) is 6.29. The summed E-state index contributed by atoms with van der Waals surface area (Å²) in [7, 11) is 4.56. The molecule has 1 N–H and O–H groups in total. The van der Waals surface area contributed by atoms with Crippen molar-refractivity contribution in [3.8, 4) is 0 Å². The number of carbonyl (C=O) groups excluding carboxylic acids is 1. The molecule has 0 aliphatic heterocycles. The highest BCUT2D eigenvalue weighted by Crippen LogP contribution is 2.16. The van der Waals surface area contributed by atoms with Gasteiger partial charge in [-0.2, -0.15) is 0 Å². The Labute approximate surface area is 155 Å². The lowest BCUT2D eigenvalue weighted by Crippen LogP contribution is -2.37. The molecule has 0 spiro atoms. The van der Waals surface area contributed by atoms with Gasteiger partial charge in [0.05, 0.1) is 12.0 Å². The highest BCUT2D eigenvalue weighted by atomic mass is 16.5. The lowest BCUT2D eigenvalue weighted by molar-refractivity contribution is 0.0939. The van der Waals surface area contributed by atoms with Crippen LogP contribution in [0, 0.1) is 0 Å². The molecule has 142 valence electrons. The van der Waals surface area contributed by atoms with E-state index in [1.54, 1.807) is 18.7 Å². The summed E-state index contributed by atoms with van der Waals surface area (Å²) in [5.41, 5.74) is 0.817. The summed E-state index contributed by atoms with van der Waals surface area (Å²) < 4.78 is 9.20. The number of nitrogens with one attached hydrogen (secondary N) is 1. The topological polar surface area (TPSA) is 87.3 Å². The summed E-state index contributed by atoms with van der Waals surface area (Å²) in [5, 5.41) is 3.18. The zero-order valence-electron chi connectivity index (χ0n) is 15.6. The van der Waals surface area contributed by atoms with E-state index in [2.05, 4.69) is 5.32 Å². The summed E-state index contributed by atoms with van der Waals surface area (Å²) in [5.74, 6) is -0.319. The number of amides is 1. The molecule has 27 heavy (non-hydrogen) atoms.